The first-order valence-corrected chi connectivity index (χ1v) is 6.92. The maximum Gasteiger partial charge on any atom is 0.307 e. The Hall–Kier alpha value is -0.570. The Morgan fingerprint density at radius 3 is 2.47 bits per heavy atom. The molecule has 0 radical (unpaired) electrons. The quantitative estimate of drug-likeness (QED) is 0.804. The van der Waals surface area contributed by atoms with Gasteiger partial charge in [0.1, 0.15) is 0 Å². The van der Waals surface area contributed by atoms with Crippen molar-refractivity contribution in [3.8, 4) is 0 Å². The van der Waals surface area contributed by atoms with Gasteiger partial charge in [-0.25, -0.2) is 0 Å². The van der Waals surface area contributed by atoms with Gasteiger partial charge in [0.05, 0.1) is 5.92 Å². The van der Waals surface area contributed by atoms with Gasteiger partial charge in [-0.2, -0.15) is 0 Å². The van der Waals surface area contributed by atoms with E-state index in [4.69, 9.17) is 5.11 Å². The lowest BCUT2D eigenvalue weighted by atomic mass is 9.78. The third kappa shape index (κ3) is 3.98. The van der Waals surface area contributed by atoms with E-state index in [1.54, 1.807) is 6.92 Å². The lowest BCUT2D eigenvalue weighted by Crippen LogP contribution is -2.43. The van der Waals surface area contributed by atoms with Crippen molar-refractivity contribution in [1.82, 2.24) is 4.90 Å². The zero-order valence-electron chi connectivity index (χ0n) is 11.6. The normalized spacial score (nSPS) is 31.5. The van der Waals surface area contributed by atoms with Crippen molar-refractivity contribution in [2.75, 3.05) is 13.1 Å². The second-order valence-electron chi connectivity index (χ2n) is 5.75. The molecule has 0 aromatic rings. The molecule has 0 aliphatic heterocycles. The fraction of sp³-hybridized carbons (Fsp3) is 0.929. The average Bonchev–Trinajstić information content (AvgIpc) is 2.29. The lowest BCUT2D eigenvalue weighted by molar-refractivity contribution is -0.142. The number of nitrogens with zero attached hydrogens (tertiary/aromatic N) is 1. The van der Waals surface area contributed by atoms with Crippen molar-refractivity contribution in [3.63, 3.8) is 0 Å². The molecule has 0 heterocycles. The van der Waals surface area contributed by atoms with Crippen LogP contribution in [-0.2, 0) is 4.79 Å². The van der Waals surface area contributed by atoms with Gasteiger partial charge in [0.25, 0.3) is 0 Å². The van der Waals surface area contributed by atoms with E-state index < -0.39 is 5.97 Å². The molecule has 0 aromatic heterocycles. The minimum atomic E-state index is -0.680. The summed E-state index contributed by atoms with van der Waals surface area (Å²) in [4.78, 5) is 13.3. The van der Waals surface area contributed by atoms with Gasteiger partial charge < -0.3 is 5.11 Å². The molecule has 17 heavy (non-hydrogen) atoms. The number of carboxylic acid groups (broad SMARTS) is 1. The van der Waals surface area contributed by atoms with Gasteiger partial charge in [-0.1, -0.05) is 27.7 Å². The average molecular weight is 241 g/mol. The van der Waals surface area contributed by atoms with E-state index in [0.29, 0.717) is 12.6 Å². The molecule has 1 saturated carbocycles. The second-order valence-corrected chi connectivity index (χ2v) is 5.75. The third-order valence-corrected chi connectivity index (χ3v) is 4.42. The number of rotatable bonds is 5. The first-order chi connectivity index (χ1) is 7.95. The van der Waals surface area contributed by atoms with Crippen LogP contribution in [-0.4, -0.2) is 35.1 Å². The second kappa shape index (κ2) is 6.39. The predicted molar refractivity (Wildman–Crippen MR) is 70.0 cm³/mol. The first-order valence-electron chi connectivity index (χ1n) is 6.92. The van der Waals surface area contributed by atoms with Crippen LogP contribution in [0.15, 0.2) is 0 Å². The Balaban J connectivity index is 2.53. The number of carbonyl (C=O) groups is 1. The molecule has 3 heteroatoms. The van der Waals surface area contributed by atoms with Gasteiger partial charge in [-0.3, -0.25) is 9.69 Å². The fourth-order valence-electron chi connectivity index (χ4n) is 2.82. The van der Waals surface area contributed by atoms with Crippen LogP contribution >= 0.6 is 0 Å². The zero-order valence-corrected chi connectivity index (χ0v) is 11.6. The Bertz CT molecular complexity index is 255. The molecule has 0 amide bonds. The molecule has 1 aliphatic carbocycles. The molecule has 1 rings (SSSR count). The highest BCUT2D eigenvalue weighted by atomic mass is 16.4. The molecule has 1 fully saturated rings. The van der Waals surface area contributed by atoms with E-state index in [2.05, 4.69) is 25.7 Å². The molecule has 0 aromatic carbocycles. The van der Waals surface area contributed by atoms with E-state index in [1.807, 2.05) is 0 Å². The Labute approximate surface area is 105 Å². The molecule has 1 N–H and O–H groups in total. The highest BCUT2D eigenvalue weighted by Crippen LogP contribution is 2.32. The summed E-state index contributed by atoms with van der Waals surface area (Å²) < 4.78 is 0. The summed E-state index contributed by atoms with van der Waals surface area (Å²) in [5, 5.41) is 8.99. The van der Waals surface area contributed by atoms with Crippen molar-refractivity contribution >= 4 is 5.97 Å². The van der Waals surface area contributed by atoms with Gasteiger partial charge in [0, 0.05) is 12.6 Å². The molecule has 4 unspecified atom stereocenters. The van der Waals surface area contributed by atoms with Gasteiger partial charge in [-0.05, 0) is 37.6 Å². The Kier molecular flexibility index (Phi) is 5.44. The lowest BCUT2D eigenvalue weighted by Gasteiger charge is -2.39. The number of carboxylic acids is 1. The smallest absolute Gasteiger partial charge is 0.307 e. The fourth-order valence-corrected chi connectivity index (χ4v) is 2.82. The van der Waals surface area contributed by atoms with Crippen LogP contribution in [0.5, 0.6) is 0 Å². The molecule has 100 valence electrons. The first kappa shape index (κ1) is 14.5. The SMILES string of the molecule is CCN(CC(C)C(=O)O)C1CCC(C)C(C)C1. The summed E-state index contributed by atoms with van der Waals surface area (Å²) in [7, 11) is 0. The van der Waals surface area contributed by atoms with Crippen LogP contribution in [0.4, 0.5) is 0 Å². The third-order valence-electron chi connectivity index (χ3n) is 4.42. The molecule has 0 saturated heterocycles. The summed E-state index contributed by atoms with van der Waals surface area (Å²) in [6.45, 7) is 10.3. The topological polar surface area (TPSA) is 40.5 Å². The minimum absolute atomic E-state index is 0.260. The molecule has 1 aliphatic rings. The summed E-state index contributed by atoms with van der Waals surface area (Å²) in [6.07, 6.45) is 3.73. The summed E-state index contributed by atoms with van der Waals surface area (Å²) in [5.74, 6) is 0.648. The summed E-state index contributed by atoms with van der Waals surface area (Å²) in [5.41, 5.74) is 0. The van der Waals surface area contributed by atoms with Crippen LogP contribution in [0.2, 0.25) is 0 Å². The van der Waals surface area contributed by atoms with Gasteiger partial charge in [0.15, 0.2) is 0 Å². The van der Waals surface area contributed by atoms with E-state index in [9.17, 15) is 4.79 Å². The number of aliphatic carboxylic acids is 1. The van der Waals surface area contributed by atoms with Crippen LogP contribution < -0.4 is 0 Å². The van der Waals surface area contributed by atoms with E-state index >= 15 is 0 Å². The Morgan fingerprint density at radius 1 is 1.35 bits per heavy atom. The highest BCUT2D eigenvalue weighted by Gasteiger charge is 2.29. The number of hydrogen-bond donors (Lipinski definition) is 1. The van der Waals surface area contributed by atoms with Gasteiger partial charge >= 0.3 is 5.97 Å². The maximum absolute atomic E-state index is 10.9. The van der Waals surface area contributed by atoms with Crippen molar-refractivity contribution in [1.29, 1.82) is 0 Å². The van der Waals surface area contributed by atoms with Crippen molar-refractivity contribution < 1.29 is 9.90 Å². The summed E-state index contributed by atoms with van der Waals surface area (Å²) in [6, 6.07) is 0.591. The Morgan fingerprint density at radius 2 is 2.00 bits per heavy atom. The molecule has 3 nitrogen and oxygen atoms in total. The monoisotopic (exact) mass is 241 g/mol. The van der Waals surface area contributed by atoms with E-state index in [1.165, 1.54) is 19.3 Å². The zero-order chi connectivity index (χ0) is 13.0. The molecule has 0 bridgehead atoms. The predicted octanol–water partition coefficient (Wildman–Crippen LogP) is 2.85. The number of hydrogen-bond acceptors (Lipinski definition) is 2. The molecular formula is C14H27NO2. The van der Waals surface area contributed by atoms with Crippen molar-refractivity contribution in [2.45, 2.75) is 53.0 Å². The highest BCUT2D eigenvalue weighted by molar-refractivity contribution is 5.69. The maximum atomic E-state index is 10.9. The van der Waals surface area contributed by atoms with E-state index in [-0.39, 0.29) is 5.92 Å². The minimum Gasteiger partial charge on any atom is -0.481 e. The molecular weight excluding hydrogens is 214 g/mol. The van der Waals surface area contributed by atoms with Gasteiger partial charge in [-0.15, -0.1) is 0 Å². The van der Waals surface area contributed by atoms with Crippen LogP contribution in [0.25, 0.3) is 0 Å². The standard InChI is InChI=1S/C14H27NO2/c1-5-15(9-12(4)14(16)17)13-7-6-10(2)11(3)8-13/h10-13H,5-9H2,1-4H3,(H,16,17). The van der Waals surface area contributed by atoms with Crippen LogP contribution in [0.3, 0.4) is 0 Å². The van der Waals surface area contributed by atoms with Crippen LogP contribution in [0.1, 0.15) is 47.0 Å². The van der Waals surface area contributed by atoms with Crippen molar-refractivity contribution in [2.24, 2.45) is 17.8 Å². The van der Waals surface area contributed by atoms with Crippen LogP contribution in [0, 0.1) is 17.8 Å². The molecule has 0 spiro atoms. The summed E-state index contributed by atoms with van der Waals surface area (Å²) >= 11 is 0. The largest absolute Gasteiger partial charge is 0.481 e. The van der Waals surface area contributed by atoms with Gasteiger partial charge in [0.2, 0.25) is 0 Å². The molecule has 4 atom stereocenters. The van der Waals surface area contributed by atoms with E-state index in [0.717, 1.165) is 18.4 Å². The van der Waals surface area contributed by atoms with Crippen molar-refractivity contribution in [3.05, 3.63) is 0 Å².